The zero-order valence-electron chi connectivity index (χ0n) is 10.1. The van der Waals surface area contributed by atoms with Crippen LogP contribution in [0.1, 0.15) is 40.0 Å². The Morgan fingerprint density at radius 1 is 1.50 bits per heavy atom. The maximum atomic E-state index is 10.2. The van der Waals surface area contributed by atoms with Crippen LogP contribution in [0.3, 0.4) is 0 Å². The minimum Gasteiger partial charge on any atom is -0.472 e. The minimum atomic E-state index is -1.08. The van der Waals surface area contributed by atoms with Gasteiger partial charge in [0.05, 0.1) is 0 Å². The van der Waals surface area contributed by atoms with Crippen molar-refractivity contribution in [2.24, 2.45) is 5.41 Å². The van der Waals surface area contributed by atoms with Crippen molar-refractivity contribution in [1.29, 1.82) is 0 Å². The summed E-state index contributed by atoms with van der Waals surface area (Å²) in [6, 6.07) is 0. The zero-order chi connectivity index (χ0) is 12.2. The van der Waals surface area contributed by atoms with Crippen LogP contribution in [0.25, 0.3) is 0 Å². The van der Waals surface area contributed by atoms with Gasteiger partial charge in [-0.15, -0.1) is 0 Å². The molecule has 2 nitrogen and oxygen atoms in total. The Hall–Kier alpha value is -1.49. The average Bonchev–Trinajstić information content (AvgIpc) is 2.14. The predicted molar refractivity (Wildman–Crippen MR) is 64.9 cm³/mol. The number of carboxylic acid groups (broad SMARTS) is 1. The van der Waals surface area contributed by atoms with E-state index in [-0.39, 0.29) is 5.41 Å². The quantitative estimate of drug-likeness (QED) is 0.686. The van der Waals surface area contributed by atoms with Crippen LogP contribution in [-0.2, 0) is 4.79 Å². The fourth-order valence-electron chi connectivity index (χ4n) is 2.24. The first kappa shape index (κ1) is 12.6. The van der Waals surface area contributed by atoms with E-state index in [1.54, 1.807) is 6.08 Å². The molecule has 0 saturated carbocycles. The number of allylic oxidation sites excluding steroid dienone is 4. The van der Waals surface area contributed by atoms with Crippen LogP contribution in [-0.4, -0.2) is 11.1 Å². The Balaban J connectivity index is 2.87. The van der Waals surface area contributed by atoms with E-state index in [0.717, 1.165) is 6.42 Å². The van der Waals surface area contributed by atoms with Crippen molar-refractivity contribution in [2.45, 2.75) is 40.0 Å². The van der Waals surface area contributed by atoms with Crippen molar-refractivity contribution in [3.63, 3.8) is 0 Å². The van der Waals surface area contributed by atoms with Crippen LogP contribution >= 0.6 is 0 Å². The molecule has 0 radical (unpaired) electrons. The summed E-state index contributed by atoms with van der Waals surface area (Å²) in [4.78, 5) is 10.2. The second-order valence-electron chi connectivity index (χ2n) is 4.84. The van der Waals surface area contributed by atoms with Crippen LogP contribution < -0.4 is 0 Å². The van der Waals surface area contributed by atoms with Gasteiger partial charge in [0.25, 0.3) is 0 Å². The summed E-state index contributed by atoms with van der Waals surface area (Å²) in [6.07, 6.45) is 7.15. The van der Waals surface area contributed by atoms with Gasteiger partial charge < -0.3 is 5.11 Å². The fourth-order valence-corrected chi connectivity index (χ4v) is 2.24. The molecule has 86 valence electrons. The molecule has 0 atom stereocenters. The maximum absolute atomic E-state index is 10.2. The number of carboxylic acids is 1. The van der Waals surface area contributed by atoms with E-state index in [1.807, 2.05) is 6.08 Å². The summed E-state index contributed by atoms with van der Waals surface area (Å²) >= 11 is 0. The molecule has 0 aliphatic heterocycles. The van der Waals surface area contributed by atoms with Crippen molar-refractivity contribution >= 4 is 5.97 Å². The minimum absolute atomic E-state index is 0.184. The molecule has 0 amide bonds. The van der Waals surface area contributed by atoms with Gasteiger partial charge in [-0.1, -0.05) is 31.4 Å². The molecule has 16 heavy (non-hydrogen) atoms. The van der Waals surface area contributed by atoms with E-state index in [2.05, 4.69) is 32.6 Å². The summed E-state index contributed by atoms with van der Waals surface area (Å²) in [7, 11) is 0. The first-order chi connectivity index (χ1) is 7.43. The van der Waals surface area contributed by atoms with Crippen LogP contribution in [0.2, 0.25) is 0 Å². The Morgan fingerprint density at radius 2 is 2.19 bits per heavy atom. The van der Waals surface area contributed by atoms with Crippen molar-refractivity contribution < 1.29 is 9.90 Å². The highest BCUT2D eigenvalue weighted by atomic mass is 16.4. The molecule has 0 spiro atoms. The molecule has 0 unspecified atom stereocenters. The normalized spacial score (nSPS) is 19.4. The highest BCUT2D eigenvalue weighted by Gasteiger charge is 2.26. The molecule has 0 heterocycles. The van der Waals surface area contributed by atoms with E-state index in [0.29, 0.717) is 0 Å². The summed E-state index contributed by atoms with van der Waals surface area (Å²) in [6.45, 7) is 6.59. The highest BCUT2D eigenvalue weighted by Crippen LogP contribution is 2.40. The topological polar surface area (TPSA) is 37.3 Å². The summed E-state index contributed by atoms with van der Waals surface area (Å²) < 4.78 is 0. The first-order valence-corrected chi connectivity index (χ1v) is 5.55. The molecule has 1 aliphatic rings. The van der Waals surface area contributed by atoms with Gasteiger partial charge in [-0.25, -0.2) is 4.79 Å². The predicted octanol–water partition coefficient (Wildman–Crippen LogP) is 3.16. The average molecular weight is 218 g/mol. The summed E-state index contributed by atoms with van der Waals surface area (Å²) in [5.41, 5.74) is 2.88. The van der Waals surface area contributed by atoms with Crippen molar-refractivity contribution in [3.05, 3.63) is 23.3 Å². The molecular weight excluding hydrogens is 200 g/mol. The van der Waals surface area contributed by atoms with Crippen molar-refractivity contribution in [3.8, 4) is 11.8 Å². The number of hydrogen-bond donors (Lipinski definition) is 1. The fraction of sp³-hybridized carbons (Fsp3) is 0.500. The van der Waals surface area contributed by atoms with E-state index in [9.17, 15) is 4.79 Å². The van der Waals surface area contributed by atoms with Gasteiger partial charge in [0.15, 0.2) is 0 Å². The van der Waals surface area contributed by atoms with E-state index < -0.39 is 5.97 Å². The molecule has 2 heteroatoms. The Labute approximate surface area is 97.1 Å². The second kappa shape index (κ2) is 5.03. The smallest absolute Gasteiger partial charge is 0.382 e. The third kappa shape index (κ3) is 3.27. The molecule has 0 aromatic carbocycles. The van der Waals surface area contributed by atoms with Gasteiger partial charge in [0.2, 0.25) is 0 Å². The van der Waals surface area contributed by atoms with Crippen LogP contribution in [0.4, 0.5) is 0 Å². The van der Waals surface area contributed by atoms with Crippen molar-refractivity contribution in [2.75, 3.05) is 0 Å². The standard InChI is InChI=1S/C14H18O2/c1-11-7-6-10-14(2,3)12(11)8-4-5-9-13(15)16/h4,8H,6-7,10H2,1-3H3,(H,15,16)/b8-4+. The largest absolute Gasteiger partial charge is 0.472 e. The molecule has 0 bridgehead atoms. The van der Waals surface area contributed by atoms with Gasteiger partial charge >= 0.3 is 5.97 Å². The zero-order valence-corrected chi connectivity index (χ0v) is 10.1. The van der Waals surface area contributed by atoms with Crippen LogP contribution in [0.5, 0.6) is 0 Å². The Bertz CT molecular complexity index is 400. The van der Waals surface area contributed by atoms with E-state index in [1.165, 1.54) is 24.0 Å². The van der Waals surface area contributed by atoms with Gasteiger partial charge in [0.1, 0.15) is 0 Å². The third-order valence-corrected chi connectivity index (χ3v) is 3.05. The highest BCUT2D eigenvalue weighted by molar-refractivity contribution is 5.86. The Morgan fingerprint density at radius 3 is 2.75 bits per heavy atom. The summed E-state index contributed by atoms with van der Waals surface area (Å²) in [5, 5.41) is 8.39. The SMILES string of the molecule is CC1=C(/C=C/C#CC(=O)O)C(C)(C)CCC1. The number of rotatable bonds is 1. The van der Waals surface area contributed by atoms with Crippen LogP contribution in [0.15, 0.2) is 23.3 Å². The number of hydrogen-bond acceptors (Lipinski definition) is 1. The molecular formula is C14H18O2. The summed E-state index contributed by atoms with van der Waals surface area (Å²) in [5.74, 6) is 3.53. The molecule has 1 aliphatic carbocycles. The van der Waals surface area contributed by atoms with Gasteiger partial charge in [-0.3, -0.25) is 0 Å². The molecule has 1 rings (SSSR count). The lowest BCUT2D eigenvalue weighted by molar-refractivity contribution is -0.130. The van der Waals surface area contributed by atoms with Crippen LogP contribution in [0, 0.1) is 17.3 Å². The second-order valence-corrected chi connectivity index (χ2v) is 4.84. The molecule has 1 N–H and O–H groups in total. The lowest BCUT2D eigenvalue weighted by Gasteiger charge is -2.32. The molecule has 0 aromatic heterocycles. The first-order valence-electron chi connectivity index (χ1n) is 5.55. The third-order valence-electron chi connectivity index (χ3n) is 3.05. The van der Waals surface area contributed by atoms with Gasteiger partial charge in [-0.2, -0.15) is 0 Å². The molecule has 0 fully saturated rings. The van der Waals surface area contributed by atoms with Gasteiger partial charge in [-0.05, 0) is 43.3 Å². The monoisotopic (exact) mass is 218 g/mol. The van der Waals surface area contributed by atoms with E-state index >= 15 is 0 Å². The van der Waals surface area contributed by atoms with Crippen molar-refractivity contribution in [1.82, 2.24) is 0 Å². The Kier molecular flexibility index (Phi) is 3.95. The number of aliphatic carboxylic acids is 1. The lowest BCUT2D eigenvalue weighted by Crippen LogP contribution is -2.18. The molecule has 0 aromatic rings. The number of carbonyl (C=O) groups is 1. The maximum Gasteiger partial charge on any atom is 0.382 e. The lowest BCUT2D eigenvalue weighted by atomic mass is 9.73. The van der Waals surface area contributed by atoms with Gasteiger partial charge in [0, 0.05) is 5.92 Å². The molecule has 0 saturated heterocycles. The van der Waals surface area contributed by atoms with E-state index in [4.69, 9.17) is 5.11 Å².